The van der Waals surface area contributed by atoms with Gasteiger partial charge in [-0.15, -0.1) is 11.6 Å². The lowest BCUT2D eigenvalue weighted by Gasteiger charge is -2.14. The Balaban J connectivity index is 1.92. The SMILES string of the molecule is Cc1cc(C(Cl)c2ccc3c(c2)OCCCO3)ccc1Cl. The number of alkyl halides is 1. The van der Waals surface area contributed by atoms with Crippen molar-refractivity contribution >= 4 is 23.2 Å². The van der Waals surface area contributed by atoms with Gasteiger partial charge in [0.2, 0.25) is 0 Å². The first-order chi connectivity index (χ1) is 10.1. The highest BCUT2D eigenvalue weighted by Gasteiger charge is 2.16. The van der Waals surface area contributed by atoms with Gasteiger partial charge in [0.1, 0.15) is 0 Å². The molecule has 0 radical (unpaired) electrons. The van der Waals surface area contributed by atoms with E-state index >= 15 is 0 Å². The van der Waals surface area contributed by atoms with Crippen molar-refractivity contribution in [2.24, 2.45) is 0 Å². The first kappa shape index (κ1) is 14.6. The number of hydrogen-bond acceptors (Lipinski definition) is 2. The van der Waals surface area contributed by atoms with Gasteiger partial charge in [0.15, 0.2) is 11.5 Å². The zero-order valence-corrected chi connectivity index (χ0v) is 13.2. The second-order valence-electron chi connectivity index (χ2n) is 5.13. The van der Waals surface area contributed by atoms with Gasteiger partial charge in [-0.3, -0.25) is 0 Å². The Morgan fingerprint density at radius 3 is 2.38 bits per heavy atom. The molecule has 0 spiro atoms. The molecular weight excluding hydrogens is 307 g/mol. The maximum atomic E-state index is 6.60. The number of halogens is 2. The number of aryl methyl sites for hydroxylation is 1. The van der Waals surface area contributed by atoms with Gasteiger partial charge in [-0.2, -0.15) is 0 Å². The third kappa shape index (κ3) is 3.12. The van der Waals surface area contributed by atoms with E-state index < -0.39 is 0 Å². The van der Waals surface area contributed by atoms with Crippen molar-refractivity contribution < 1.29 is 9.47 Å². The molecular formula is C17H16Cl2O2. The van der Waals surface area contributed by atoms with Crippen LogP contribution >= 0.6 is 23.2 Å². The molecule has 110 valence electrons. The second-order valence-corrected chi connectivity index (χ2v) is 5.97. The molecule has 0 saturated heterocycles. The topological polar surface area (TPSA) is 18.5 Å². The highest BCUT2D eigenvalue weighted by molar-refractivity contribution is 6.31. The molecule has 0 amide bonds. The minimum absolute atomic E-state index is 0.238. The summed E-state index contributed by atoms with van der Waals surface area (Å²) in [6.07, 6.45) is 0.894. The minimum atomic E-state index is -0.238. The Labute approximate surface area is 134 Å². The maximum absolute atomic E-state index is 6.60. The van der Waals surface area contributed by atoms with Gasteiger partial charge in [-0.05, 0) is 41.8 Å². The van der Waals surface area contributed by atoms with Crippen LogP contribution in [0.25, 0.3) is 0 Å². The van der Waals surface area contributed by atoms with Crippen LogP contribution in [0.1, 0.15) is 28.5 Å². The molecule has 0 fully saturated rings. The van der Waals surface area contributed by atoms with E-state index in [2.05, 4.69) is 0 Å². The predicted molar refractivity (Wildman–Crippen MR) is 85.9 cm³/mol. The molecule has 2 nitrogen and oxygen atoms in total. The van der Waals surface area contributed by atoms with Crippen LogP contribution < -0.4 is 9.47 Å². The molecule has 21 heavy (non-hydrogen) atoms. The molecule has 2 aromatic rings. The average molecular weight is 323 g/mol. The van der Waals surface area contributed by atoms with Crippen LogP contribution in [-0.4, -0.2) is 13.2 Å². The van der Waals surface area contributed by atoms with Crippen LogP contribution in [0.4, 0.5) is 0 Å². The van der Waals surface area contributed by atoms with Gasteiger partial charge in [-0.1, -0.05) is 29.8 Å². The minimum Gasteiger partial charge on any atom is -0.490 e. The van der Waals surface area contributed by atoms with Gasteiger partial charge >= 0.3 is 0 Å². The summed E-state index contributed by atoms with van der Waals surface area (Å²) in [5.74, 6) is 1.55. The van der Waals surface area contributed by atoms with E-state index in [0.29, 0.717) is 13.2 Å². The van der Waals surface area contributed by atoms with E-state index in [9.17, 15) is 0 Å². The van der Waals surface area contributed by atoms with Crippen molar-refractivity contribution in [3.05, 3.63) is 58.1 Å². The Kier molecular flexibility index (Phi) is 4.27. The highest BCUT2D eigenvalue weighted by atomic mass is 35.5. The van der Waals surface area contributed by atoms with E-state index in [-0.39, 0.29) is 5.38 Å². The first-order valence-electron chi connectivity index (χ1n) is 6.95. The van der Waals surface area contributed by atoms with Crippen molar-refractivity contribution in [2.45, 2.75) is 18.7 Å². The van der Waals surface area contributed by atoms with Crippen molar-refractivity contribution in [1.29, 1.82) is 0 Å². The zero-order chi connectivity index (χ0) is 14.8. The highest BCUT2D eigenvalue weighted by Crippen LogP contribution is 2.37. The van der Waals surface area contributed by atoms with Crippen LogP contribution in [-0.2, 0) is 0 Å². The van der Waals surface area contributed by atoms with Crippen LogP contribution in [0, 0.1) is 6.92 Å². The van der Waals surface area contributed by atoms with Crippen LogP contribution in [0.2, 0.25) is 5.02 Å². The molecule has 0 saturated carbocycles. The van der Waals surface area contributed by atoms with Gasteiger partial charge in [0.25, 0.3) is 0 Å². The van der Waals surface area contributed by atoms with Crippen molar-refractivity contribution in [2.75, 3.05) is 13.2 Å². The quantitative estimate of drug-likeness (QED) is 0.713. The second kappa shape index (κ2) is 6.17. The summed E-state index contributed by atoms with van der Waals surface area (Å²) >= 11 is 12.7. The first-order valence-corrected chi connectivity index (χ1v) is 7.76. The summed E-state index contributed by atoms with van der Waals surface area (Å²) in [5, 5.41) is 0.513. The number of fused-ring (bicyclic) bond motifs is 1. The lowest BCUT2D eigenvalue weighted by atomic mass is 10.0. The van der Waals surface area contributed by atoms with Crippen molar-refractivity contribution in [1.82, 2.24) is 0 Å². The van der Waals surface area contributed by atoms with Gasteiger partial charge in [0.05, 0.1) is 18.6 Å². The third-order valence-corrected chi connectivity index (χ3v) is 4.47. The molecule has 3 rings (SSSR count). The Bertz CT molecular complexity index is 655. The molecule has 0 aliphatic carbocycles. The van der Waals surface area contributed by atoms with Crippen LogP contribution in [0.5, 0.6) is 11.5 Å². The number of rotatable bonds is 2. The summed E-state index contributed by atoms with van der Waals surface area (Å²) in [5.41, 5.74) is 3.03. The lowest BCUT2D eigenvalue weighted by Crippen LogP contribution is -1.98. The molecule has 1 unspecified atom stereocenters. The summed E-state index contributed by atoms with van der Waals surface area (Å²) in [6.45, 7) is 3.33. The van der Waals surface area contributed by atoms with E-state index in [1.807, 2.05) is 43.3 Å². The zero-order valence-electron chi connectivity index (χ0n) is 11.7. The van der Waals surface area contributed by atoms with E-state index in [0.717, 1.165) is 39.6 Å². The molecule has 2 aromatic carbocycles. The van der Waals surface area contributed by atoms with Gasteiger partial charge in [-0.25, -0.2) is 0 Å². The van der Waals surface area contributed by atoms with E-state index in [4.69, 9.17) is 32.7 Å². The summed E-state index contributed by atoms with van der Waals surface area (Å²) < 4.78 is 11.4. The molecule has 1 aliphatic rings. The smallest absolute Gasteiger partial charge is 0.161 e. The number of benzene rings is 2. The monoisotopic (exact) mass is 322 g/mol. The average Bonchev–Trinajstić information content (AvgIpc) is 2.73. The molecule has 1 heterocycles. The molecule has 4 heteroatoms. The van der Waals surface area contributed by atoms with E-state index in [1.165, 1.54) is 0 Å². The number of hydrogen-bond donors (Lipinski definition) is 0. The third-order valence-electron chi connectivity index (χ3n) is 3.54. The molecule has 0 N–H and O–H groups in total. The molecule has 0 bridgehead atoms. The van der Waals surface area contributed by atoms with Gasteiger partial charge in [0, 0.05) is 11.4 Å². The Morgan fingerprint density at radius 1 is 0.952 bits per heavy atom. The standard InChI is InChI=1S/C17H16Cl2O2/c1-11-9-12(3-5-14(11)18)17(19)13-4-6-15-16(10-13)21-8-2-7-20-15/h3-6,9-10,17H,2,7-8H2,1H3. The van der Waals surface area contributed by atoms with Gasteiger partial charge < -0.3 is 9.47 Å². The van der Waals surface area contributed by atoms with Crippen LogP contribution in [0.15, 0.2) is 36.4 Å². The largest absolute Gasteiger partial charge is 0.490 e. The Morgan fingerprint density at radius 2 is 1.62 bits per heavy atom. The van der Waals surface area contributed by atoms with Crippen molar-refractivity contribution in [3.8, 4) is 11.5 Å². The summed E-state index contributed by atoms with van der Waals surface area (Å²) in [4.78, 5) is 0. The normalized spacial score (nSPS) is 15.4. The fourth-order valence-electron chi connectivity index (χ4n) is 2.36. The number of ether oxygens (including phenoxy) is 2. The predicted octanol–water partition coefficient (Wildman–Crippen LogP) is 5.14. The molecule has 1 atom stereocenters. The van der Waals surface area contributed by atoms with Crippen LogP contribution in [0.3, 0.4) is 0 Å². The fourth-order valence-corrected chi connectivity index (χ4v) is 2.74. The molecule has 1 aliphatic heterocycles. The fraction of sp³-hybridized carbons (Fsp3) is 0.294. The lowest BCUT2D eigenvalue weighted by molar-refractivity contribution is 0.297. The van der Waals surface area contributed by atoms with E-state index in [1.54, 1.807) is 0 Å². The Hall–Kier alpha value is -1.38. The summed E-state index contributed by atoms with van der Waals surface area (Å²) in [6, 6.07) is 11.7. The molecule has 0 aromatic heterocycles. The van der Waals surface area contributed by atoms with Crippen molar-refractivity contribution in [3.63, 3.8) is 0 Å². The summed E-state index contributed by atoms with van der Waals surface area (Å²) in [7, 11) is 0. The maximum Gasteiger partial charge on any atom is 0.161 e.